The lowest BCUT2D eigenvalue weighted by Crippen LogP contribution is -2.25. The van der Waals surface area contributed by atoms with Gasteiger partial charge in [-0.2, -0.15) is 0 Å². The van der Waals surface area contributed by atoms with Crippen LogP contribution in [0.3, 0.4) is 0 Å². The van der Waals surface area contributed by atoms with Crippen LogP contribution >= 0.6 is 27.3 Å². The van der Waals surface area contributed by atoms with Crippen molar-refractivity contribution in [1.82, 2.24) is 10.3 Å². The minimum Gasteiger partial charge on any atom is -0.384 e. The number of aryl methyl sites for hydroxylation is 2. The predicted octanol–water partition coefficient (Wildman–Crippen LogP) is 4.16. The van der Waals surface area contributed by atoms with E-state index in [4.69, 9.17) is 4.98 Å². The predicted molar refractivity (Wildman–Crippen MR) is 93.2 cm³/mol. The lowest BCUT2D eigenvalue weighted by molar-refractivity contribution is 0.583. The van der Waals surface area contributed by atoms with Crippen LogP contribution < -0.4 is 10.6 Å². The average Bonchev–Trinajstić information content (AvgIpc) is 3.04. The van der Waals surface area contributed by atoms with Crippen molar-refractivity contribution < 1.29 is 0 Å². The molecule has 2 N–H and O–H groups in total. The Kier molecular flexibility index (Phi) is 4.93. The van der Waals surface area contributed by atoms with Crippen molar-refractivity contribution in [3.63, 3.8) is 0 Å². The lowest BCUT2D eigenvalue weighted by Gasteiger charge is -2.12. The Bertz CT molecular complexity index is 590. The normalized spacial score (nSPS) is 15.0. The summed E-state index contributed by atoms with van der Waals surface area (Å²) in [6.07, 6.45) is 3.68. The maximum atomic E-state index is 4.77. The summed E-state index contributed by atoms with van der Waals surface area (Å²) in [5, 5.41) is 8.21. The molecule has 1 aliphatic rings. The number of hydrogen-bond acceptors (Lipinski definition) is 4. The van der Waals surface area contributed by atoms with Gasteiger partial charge >= 0.3 is 0 Å². The Hall–Kier alpha value is -0.910. The Balaban J connectivity index is 1.44. The second-order valence-corrected chi connectivity index (χ2v) is 7.42. The largest absolute Gasteiger partial charge is 0.384 e. The number of fused-ring (bicyclic) bond motifs is 1. The SMILES string of the molecule is C[C@@H](NCCNc1cccc(Br)c1)c1nc2c(s1)CCC2. The van der Waals surface area contributed by atoms with E-state index in [1.807, 2.05) is 23.5 Å². The van der Waals surface area contributed by atoms with Crippen LogP contribution in [0.4, 0.5) is 5.69 Å². The zero-order chi connectivity index (χ0) is 14.7. The second-order valence-electron chi connectivity index (χ2n) is 5.39. The molecule has 1 aromatic heterocycles. The van der Waals surface area contributed by atoms with E-state index in [-0.39, 0.29) is 0 Å². The smallest absolute Gasteiger partial charge is 0.110 e. The first-order valence-electron chi connectivity index (χ1n) is 7.43. The highest BCUT2D eigenvalue weighted by Crippen LogP contribution is 2.30. The first kappa shape index (κ1) is 15.0. The number of nitrogens with one attached hydrogen (secondary N) is 2. The fourth-order valence-corrected chi connectivity index (χ4v) is 4.16. The number of anilines is 1. The molecule has 0 bridgehead atoms. The number of rotatable bonds is 6. The van der Waals surface area contributed by atoms with Crippen molar-refractivity contribution in [3.05, 3.63) is 44.3 Å². The Morgan fingerprint density at radius 3 is 3.05 bits per heavy atom. The first-order valence-corrected chi connectivity index (χ1v) is 9.04. The third-order valence-corrected chi connectivity index (χ3v) is 5.55. The van der Waals surface area contributed by atoms with Crippen molar-refractivity contribution >= 4 is 33.0 Å². The zero-order valence-corrected chi connectivity index (χ0v) is 14.6. The molecule has 0 fully saturated rings. The van der Waals surface area contributed by atoms with Crippen LogP contribution in [-0.2, 0) is 12.8 Å². The maximum absolute atomic E-state index is 4.77. The summed E-state index contributed by atoms with van der Waals surface area (Å²) in [7, 11) is 0. The van der Waals surface area contributed by atoms with Crippen molar-refractivity contribution in [1.29, 1.82) is 0 Å². The lowest BCUT2D eigenvalue weighted by atomic mass is 10.3. The molecule has 0 radical (unpaired) electrons. The van der Waals surface area contributed by atoms with Crippen LogP contribution in [0.15, 0.2) is 28.7 Å². The summed E-state index contributed by atoms with van der Waals surface area (Å²) in [6.45, 7) is 4.04. The second kappa shape index (κ2) is 6.90. The third kappa shape index (κ3) is 3.84. The van der Waals surface area contributed by atoms with Gasteiger partial charge in [-0.05, 0) is 44.4 Å². The van der Waals surface area contributed by atoms with E-state index in [1.54, 1.807) is 0 Å². The van der Waals surface area contributed by atoms with Crippen molar-refractivity contribution in [2.75, 3.05) is 18.4 Å². The summed E-state index contributed by atoms with van der Waals surface area (Å²) >= 11 is 5.37. The molecule has 1 aromatic carbocycles. The molecule has 0 saturated carbocycles. The van der Waals surface area contributed by atoms with Crippen LogP contribution in [0.1, 0.15) is 35.0 Å². The number of halogens is 1. The van der Waals surface area contributed by atoms with Crippen LogP contribution in [0.2, 0.25) is 0 Å². The highest BCUT2D eigenvalue weighted by atomic mass is 79.9. The number of benzene rings is 1. The molecule has 5 heteroatoms. The molecule has 0 aliphatic heterocycles. The van der Waals surface area contributed by atoms with E-state index in [0.717, 1.165) is 23.2 Å². The van der Waals surface area contributed by atoms with E-state index in [9.17, 15) is 0 Å². The third-order valence-electron chi connectivity index (χ3n) is 3.71. The van der Waals surface area contributed by atoms with Gasteiger partial charge in [0.05, 0.1) is 11.7 Å². The first-order chi connectivity index (χ1) is 10.2. The van der Waals surface area contributed by atoms with Crippen LogP contribution in [0.25, 0.3) is 0 Å². The van der Waals surface area contributed by atoms with Crippen molar-refractivity contribution in [2.45, 2.75) is 32.2 Å². The van der Waals surface area contributed by atoms with Gasteiger partial charge in [0.1, 0.15) is 5.01 Å². The van der Waals surface area contributed by atoms with Gasteiger partial charge < -0.3 is 10.6 Å². The van der Waals surface area contributed by atoms with E-state index < -0.39 is 0 Å². The monoisotopic (exact) mass is 365 g/mol. The molecule has 3 nitrogen and oxygen atoms in total. The van der Waals surface area contributed by atoms with Crippen LogP contribution in [0, 0.1) is 0 Å². The van der Waals surface area contributed by atoms with E-state index >= 15 is 0 Å². The van der Waals surface area contributed by atoms with Crippen LogP contribution in [0.5, 0.6) is 0 Å². The van der Waals surface area contributed by atoms with Crippen molar-refractivity contribution in [2.24, 2.45) is 0 Å². The minimum atomic E-state index is 0.338. The number of nitrogens with zero attached hydrogens (tertiary/aromatic N) is 1. The Morgan fingerprint density at radius 1 is 1.33 bits per heavy atom. The summed E-state index contributed by atoms with van der Waals surface area (Å²) in [6, 6.07) is 8.59. The van der Waals surface area contributed by atoms with Gasteiger partial charge in [0.2, 0.25) is 0 Å². The molecule has 0 amide bonds. The van der Waals surface area contributed by atoms with Gasteiger partial charge in [-0.15, -0.1) is 11.3 Å². The molecule has 1 heterocycles. The average molecular weight is 366 g/mol. The molecule has 3 rings (SSSR count). The van der Waals surface area contributed by atoms with Gasteiger partial charge in [-0.3, -0.25) is 0 Å². The number of aromatic nitrogens is 1. The Labute approximate surface area is 138 Å². The molecule has 0 spiro atoms. The summed E-state index contributed by atoms with van der Waals surface area (Å²) < 4.78 is 1.10. The van der Waals surface area contributed by atoms with E-state index in [2.05, 4.69) is 45.6 Å². The highest BCUT2D eigenvalue weighted by molar-refractivity contribution is 9.10. The fraction of sp³-hybridized carbons (Fsp3) is 0.438. The summed E-state index contributed by atoms with van der Waals surface area (Å²) in [4.78, 5) is 6.27. The molecule has 1 atom stereocenters. The van der Waals surface area contributed by atoms with Gasteiger partial charge in [-0.25, -0.2) is 4.98 Å². The van der Waals surface area contributed by atoms with Gasteiger partial charge in [0.25, 0.3) is 0 Å². The molecule has 1 aliphatic carbocycles. The van der Waals surface area contributed by atoms with Gasteiger partial charge in [0.15, 0.2) is 0 Å². The topological polar surface area (TPSA) is 37.0 Å². The number of thiazole rings is 1. The molecule has 21 heavy (non-hydrogen) atoms. The van der Waals surface area contributed by atoms with Gasteiger partial charge in [0, 0.05) is 28.1 Å². The summed E-state index contributed by atoms with van der Waals surface area (Å²) in [5.41, 5.74) is 2.49. The van der Waals surface area contributed by atoms with E-state index in [1.165, 1.54) is 34.8 Å². The quantitative estimate of drug-likeness (QED) is 0.754. The highest BCUT2D eigenvalue weighted by Gasteiger charge is 2.19. The van der Waals surface area contributed by atoms with Crippen molar-refractivity contribution in [3.8, 4) is 0 Å². The standard InChI is InChI=1S/C16H20BrN3S/c1-11(16-20-14-6-3-7-15(14)21-16)18-8-9-19-13-5-2-4-12(17)10-13/h2,4-5,10-11,18-19H,3,6-9H2,1H3/t11-/m1/s1. The fourth-order valence-electron chi connectivity index (χ4n) is 2.58. The molecule has 2 aromatic rings. The number of hydrogen-bond donors (Lipinski definition) is 2. The molecule has 112 valence electrons. The Morgan fingerprint density at radius 2 is 2.24 bits per heavy atom. The molecule has 0 unspecified atom stereocenters. The maximum Gasteiger partial charge on any atom is 0.110 e. The molecular weight excluding hydrogens is 346 g/mol. The van der Waals surface area contributed by atoms with Crippen LogP contribution in [-0.4, -0.2) is 18.1 Å². The molecule has 0 saturated heterocycles. The van der Waals surface area contributed by atoms with Gasteiger partial charge in [-0.1, -0.05) is 22.0 Å². The van der Waals surface area contributed by atoms with E-state index in [0.29, 0.717) is 6.04 Å². The molecular formula is C16H20BrN3S. The zero-order valence-electron chi connectivity index (χ0n) is 12.2. The summed E-state index contributed by atoms with van der Waals surface area (Å²) in [5.74, 6) is 0. The minimum absolute atomic E-state index is 0.338.